The van der Waals surface area contributed by atoms with E-state index in [-0.39, 0.29) is 30.3 Å². The summed E-state index contributed by atoms with van der Waals surface area (Å²) in [5.41, 5.74) is 28.3. The number of nitrogen functional groups attached to an aromatic ring is 4. The van der Waals surface area contributed by atoms with Crippen LogP contribution >= 0.6 is 90.4 Å². The summed E-state index contributed by atoms with van der Waals surface area (Å²) in [7, 11) is 0. The summed E-state index contributed by atoms with van der Waals surface area (Å²) in [5, 5.41) is 19.3. The standard InChI is InChI=1S/C14H9I2N3O2.C7H4I2O2.C7H7N3O.C6H9N3.CH4/c15-8-3-7(13(20)10(16)4-8)6-17-9-1-2-11-12(5-9)19-14(21)18-11;8-5-1-4(3-10)7(11)6(9)2-5;8-4-1-2-5-6(3-4)10-7(11)9-5;7-4-1-2-5(8)6(9)3-4;/h1-6,20H,(H2,18,19,21);1-3,11H;1-3H,8H2,(H2,9,10,11);1-3H,7-9H2;1H4. The first-order valence-electron chi connectivity index (χ1n) is 14.6. The Kier molecular flexibility index (Phi) is 16.0. The first-order valence-corrected chi connectivity index (χ1v) is 18.9. The smallest absolute Gasteiger partial charge is 0.323 e. The Balaban J connectivity index is 0.000000202. The van der Waals surface area contributed by atoms with E-state index in [1.807, 2.05) is 40.8 Å². The number of nitrogens with one attached hydrogen (secondary N) is 4. The molecule has 0 unspecified atom stereocenters. The fourth-order valence-corrected chi connectivity index (χ4v) is 8.03. The minimum Gasteiger partial charge on any atom is -0.506 e. The molecule has 2 aromatic heterocycles. The van der Waals surface area contributed by atoms with Gasteiger partial charge in [-0.05, 0) is 169 Å². The van der Waals surface area contributed by atoms with Gasteiger partial charge in [-0.2, -0.15) is 0 Å². The number of anilines is 4. The number of aromatic amines is 4. The number of aromatic nitrogens is 4. The Morgan fingerprint density at radius 3 is 1.58 bits per heavy atom. The number of phenolic OH excluding ortho intramolecular Hbond substituents is 2. The van der Waals surface area contributed by atoms with Gasteiger partial charge in [0, 0.05) is 30.3 Å². The molecule has 0 atom stereocenters. The number of aldehydes is 1. The highest BCUT2D eigenvalue weighted by Crippen LogP contribution is 2.27. The van der Waals surface area contributed by atoms with Crippen LogP contribution in [0.4, 0.5) is 28.4 Å². The number of carbonyl (C=O) groups is 1. The Hall–Kier alpha value is -4.30. The number of phenols is 2. The van der Waals surface area contributed by atoms with Crippen LogP contribution in [0.5, 0.6) is 11.5 Å². The minimum atomic E-state index is -0.240. The highest BCUT2D eigenvalue weighted by molar-refractivity contribution is 14.1. The van der Waals surface area contributed by atoms with Crippen LogP contribution in [-0.4, -0.2) is 42.6 Å². The van der Waals surface area contributed by atoms with Crippen molar-refractivity contribution in [2.75, 3.05) is 22.9 Å². The molecular formula is C35H33I4N9O5. The fraction of sp³-hybridized carbons (Fsp3) is 0.0286. The first-order chi connectivity index (χ1) is 24.6. The zero-order valence-electron chi connectivity index (χ0n) is 26.5. The molecule has 2 heterocycles. The fourth-order valence-electron chi connectivity index (χ4n) is 4.25. The molecule has 14 nitrogen and oxygen atoms in total. The third-order valence-electron chi connectivity index (χ3n) is 6.75. The second-order valence-corrected chi connectivity index (χ2v) is 15.4. The summed E-state index contributed by atoms with van der Waals surface area (Å²) in [4.78, 5) is 47.3. The van der Waals surface area contributed by atoms with Gasteiger partial charge >= 0.3 is 11.4 Å². The molecule has 0 amide bonds. The highest BCUT2D eigenvalue weighted by Gasteiger charge is 2.06. The van der Waals surface area contributed by atoms with Crippen molar-refractivity contribution in [3.05, 3.63) is 125 Å². The Morgan fingerprint density at radius 1 is 0.566 bits per heavy atom. The van der Waals surface area contributed by atoms with Crippen LogP contribution in [0.1, 0.15) is 23.3 Å². The summed E-state index contributed by atoms with van der Waals surface area (Å²) < 4.78 is 3.47. The average Bonchev–Trinajstić information content (AvgIpc) is 3.65. The molecule has 276 valence electrons. The quantitative estimate of drug-likeness (QED) is 0.0364. The van der Waals surface area contributed by atoms with E-state index in [9.17, 15) is 24.6 Å². The van der Waals surface area contributed by atoms with E-state index in [2.05, 4.69) is 92.7 Å². The molecular weight excluding hydrogens is 1130 g/mol. The van der Waals surface area contributed by atoms with E-state index < -0.39 is 0 Å². The van der Waals surface area contributed by atoms with Crippen molar-refractivity contribution < 1.29 is 15.0 Å². The molecule has 0 bridgehead atoms. The lowest BCUT2D eigenvalue weighted by Gasteiger charge is -2.02. The molecule has 7 aromatic rings. The van der Waals surface area contributed by atoms with E-state index in [1.165, 1.54) is 0 Å². The van der Waals surface area contributed by atoms with E-state index in [4.69, 9.17) is 22.9 Å². The van der Waals surface area contributed by atoms with Crippen molar-refractivity contribution in [1.29, 1.82) is 0 Å². The van der Waals surface area contributed by atoms with Crippen molar-refractivity contribution in [1.82, 2.24) is 19.9 Å². The number of nitrogens with two attached hydrogens (primary N) is 4. The lowest BCUT2D eigenvalue weighted by Crippen LogP contribution is -1.99. The maximum absolute atomic E-state index is 11.2. The molecule has 53 heavy (non-hydrogen) atoms. The van der Waals surface area contributed by atoms with E-state index in [0.717, 1.165) is 27.3 Å². The number of fused-ring (bicyclic) bond motifs is 2. The SMILES string of the molecule is C.Nc1ccc(N)c(N)c1.Nc1ccc2[nH]c(=O)[nH]c2c1.O=Cc1cc(I)cc(I)c1O.O=c1[nH]c2ccc(N=Cc3cc(I)cc(I)c3O)cc2[nH]1. The number of imidazole rings is 2. The van der Waals surface area contributed by atoms with Crippen LogP contribution in [-0.2, 0) is 0 Å². The minimum absolute atomic E-state index is 0. The van der Waals surface area contributed by atoms with Crippen LogP contribution in [0.25, 0.3) is 22.1 Å². The lowest BCUT2D eigenvalue weighted by atomic mass is 10.2. The number of halogens is 4. The van der Waals surface area contributed by atoms with Crippen LogP contribution in [0, 0.1) is 14.3 Å². The topological polar surface area (TPSA) is 271 Å². The van der Waals surface area contributed by atoms with Crippen LogP contribution in [0.15, 0.2) is 93.4 Å². The molecule has 0 saturated carbocycles. The van der Waals surface area contributed by atoms with Gasteiger partial charge in [0.1, 0.15) is 11.5 Å². The zero-order chi connectivity index (χ0) is 38.1. The molecule has 18 heteroatoms. The molecule has 0 aliphatic carbocycles. The number of hydrogen-bond donors (Lipinski definition) is 10. The maximum Gasteiger partial charge on any atom is 0.323 e. The molecule has 0 spiro atoms. The summed E-state index contributed by atoms with van der Waals surface area (Å²) >= 11 is 8.36. The van der Waals surface area contributed by atoms with E-state index >= 15 is 0 Å². The summed E-state index contributed by atoms with van der Waals surface area (Å²) in [6.45, 7) is 0. The van der Waals surface area contributed by atoms with Gasteiger partial charge in [-0.3, -0.25) is 9.79 Å². The molecule has 0 saturated heterocycles. The van der Waals surface area contributed by atoms with Gasteiger partial charge in [-0.25, -0.2) is 9.59 Å². The van der Waals surface area contributed by atoms with Crippen molar-refractivity contribution in [3.63, 3.8) is 0 Å². The van der Waals surface area contributed by atoms with E-state index in [1.54, 1.807) is 66.9 Å². The molecule has 0 fully saturated rings. The van der Waals surface area contributed by atoms with Gasteiger partial charge in [-0.1, -0.05) is 7.43 Å². The van der Waals surface area contributed by atoms with Crippen LogP contribution < -0.4 is 34.3 Å². The normalized spacial score (nSPS) is 10.3. The summed E-state index contributed by atoms with van der Waals surface area (Å²) in [6.07, 6.45) is 2.27. The molecule has 0 aliphatic heterocycles. The van der Waals surface area contributed by atoms with Gasteiger partial charge in [-0.15, -0.1) is 0 Å². The van der Waals surface area contributed by atoms with Gasteiger partial charge in [0.05, 0.1) is 51.8 Å². The number of aliphatic imine (C=N–C) groups is 1. The van der Waals surface area contributed by atoms with Crippen molar-refractivity contribution >= 4 is 153 Å². The third kappa shape index (κ3) is 12.4. The number of nitrogens with zero attached hydrogens (tertiary/aromatic N) is 1. The van der Waals surface area contributed by atoms with Crippen molar-refractivity contribution in [3.8, 4) is 11.5 Å². The van der Waals surface area contributed by atoms with Crippen LogP contribution in [0.3, 0.4) is 0 Å². The average molecular weight is 1170 g/mol. The number of benzene rings is 5. The number of hydrogen-bond acceptors (Lipinski definition) is 10. The molecule has 7 rings (SSSR count). The van der Waals surface area contributed by atoms with E-state index in [0.29, 0.717) is 54.9 Å². The summed E-state index contributed by atoms with van der Waals surface area (Å²) in [6, 6.07) is 22.8. The maximum atomic E-state index is 11.2. The second kappa shape index (κ2) is 19.7. The predicted octanol–water partition coefficient (Wildman–Crippen LogP) is 7.44. The monoisotopic (exact) mass is 1170 g/mol. The molecule has 14 N–H and O–H groups in total. The van der Waals surface area contributed by atoms with Gasteiger partial charge in [0.25, 0.3) is 0 Å². The van der Waals surface area contributed by atoms with Gasteiger partial charge in [0.15, 0.2) is 6.29 Å². The summed E-state index contributed by atoms with van der Waals surface area (Å²) in [5.74, 6) is 0.289. The molecule has 0 aliphatic rings. The Labute approximate surface area is 356 Å². The number of aromatic hydroxyl groups is 2. The number of H-pyrrole nitrogens is 4. The largest absolute Gasteiger partial charge is 0.506 e. The number of rotatable bonds is 3. The van der Waals surface area contributed by atoms with Crippen LogP contribution in [0.2, 0.25) is 0 Å². The number of carbonyl (C=O) groups excluding carboxylic acids is 1. The molecule has 5 aromatic carbocycles. The third-order valence-corrected chi connectivity index (χ3v) is 9.64. The van der Waals surface area contributed by atoms with Crippen molar-refractivity contribution in [2.45, 2.75) is 7.43 Å². The van der Waals surface area contributed by atoms with Gasteiger partial charge in [0.2, 0.25) is 0 Å². The molecule has 0 radical (unpaired) electrons. The highest BCUT2D eigenvalue weighted by atomic mass is 127. The Bertz CT molecular complexity index is 2530. The first kappa shape index (κ1) is 43.1. The second-order valence-electron chi connectivity index (χ2n) is 10.6. The lowest BCUT2D eigenvalue weighted by molar-refractivity contribution is 0.112. The van der Waals surface area contributed by atoms with Crippen molar-refractivity contribution in [2.24, 2.45) is 4.99 Å². The Morgan fingerprint density at radius 2 is 1.04 bits per heavy atom. The predicted molar refractivity (Wildman–Crippen MR) is 248 cm³/mol. The van der Waals surface area contributed by atoms with Gasteiger partial charge < -0.3 is 53.1 Å². The zero-order valence-corrected chi connectivity index (χ0v) is 35.2.